The Kier molecular flexibility index (Phi) is 7.03. The standard InChI is InChI=1S/C22H27ClN2O2/c1-14(2)18-8-6-7-9-20(18)24-21(27)10-11-25(17(5)26)22-16(4)12-15(3)13-19(22)23/h6-9,12-14H,10-11H2,1-5H3,(H,24,27). The van der Waals surface area contributed by atoms with E-state index in [1.165, 1.54) is 6.92 Å². The topological polar surface area (TPSA) is 49.4 Å². The van der Waals surface area contributed by atoms with Gasteiger partial charge in [0.2, 0.25) is 11.8 Å². The lowest BCUT2D eigenvalue weighted by Gasteiger charge is -2.24. The maximum Gasteiger partial charge on any atom is 0.226 e. The lowest BCUT2D eigenvalue weighted by Crippen LogP contribution is -2.32. The van der Waals surface area contributed by atoms with Gasteiger partial charge in [-0.1, -0.05) is 49.7 Å². The Morgan fingerprint density at radius 3 is 2.41 bits per heavy atom. The summed E-state index contributed by atoms with van der Waals surface area (Å²) >= 11 is 6.38. The summed E-state index contributed by atoms with van der Waals surface area (Å²) in [6, 6.07) is 11.6. The van der Waals surface area contributed by atoms with Gasteiger partial charge in [-0.05, 0) is 48.6 Å². The molecule has 144 valence electrons. The van der Waals surface area contributed by atoms with Gasteiger partial charge in [-0.25, -0.2) is 0 Å². The molecule has 2 aromatic rings. The molecule has 2 aromatic carbocycles. The summed E-state index contributed by atoms with van der Waals surface area (Å²) in [7, 11) is 0. The Balaban J connectivity index is 2.14. The zero-order valence-electron chi connectivity index (χ0n) is 16.6. The van der Waals surface area contributed by atoms with E-state index in [0.717, 1.165) is 22.4 Å². The predicted octanol–water partition coefficient (Wildman–Crippen LogP) is 5.46. The van der Waals surface area contributed by atoms with Gasteiger partial charge in [0.1, 0.15) is 0 Å². The molecule has 2 rings (SSSR count). The molecule has 0 spiro atoms. The largest absolute Gasteiger partial charge is 0.326 e. The molecule has 5 heteroatoms. The van der Waals surface area contributed by atoms with E-state index in [0.29, 0.717) is 16.6 Å². The fourth-order valence-corrected chi connectivity index (χ4v) is 3.64. The summed E-state index contributed by atoms with van der Waals surface area (Å²) in [5.74, 6) is 0.0405. The number of amides is 2. The maximum absolute atomic E-state index is 12.5. The number of halogens is 1. The first-order valence-electron chi connectivity index (χ1n) is 9.14. The molecule has 0 unspecified atom stereocenters. The van der Waals surface area contributed by atoms with E-state index < -0.39 is 0 Å². The van der Waals surface area contributed by atoms with Crippen LogP contribution < -0.4 is 10.2 Å². The Morgan fingerprint density at radius 1 is 1.15 bits per heavy atom. The Morgan fingerprint density at radius 2 is 1.81 bits per heavy atom. The monoisotopic (exact) mass is 386 g/mol. The zero-order chi connectivity index (χ0) is 20.1. The minimum Gasteiger partial charge on any atom is -0.326 e. The van der Waals surface area contributed by atoms with Crippen molar-refractivity contribution in [2.75, 3.05) is 16.8 Å². The first-order chi connectivity index (χ1) is 12.7. The molecule has 0 atom stereocenters. The summed E-state index contributed by atoms with van der Waals surface area (Å²) in [5, 5.41) is 3.49. The number of carbonyl (C=O) groups excluding carboxylic acids is 2. The van der Waals surface area contributed by atoms with Gasteiger partial charge in [0.25, 0.3) is 0 Å². The van der Waals surface area contributed by atoms with Crippen LogP contribution in [0.4, 0.5) is 11.4 Å². The fraction of sp³-hybridized carbons (Fsp3) is 0.364. The van der Waals surface area contributed by atoms with Gasteiger partial charge in [-0.2, -0.15) is 0 Å². The molecule has 0 fully saturated rings. The van der Waals surface area contributed by atoms with Crippen LogP contribution in [-0.2, 0) is 9.59 Å². The van der Waals surface area contributed by atoms with Gasteiger partial charge in [0.05, 0.1) is 10.7 Å². The minimum absolute atomic E-state index is 0.129. The molecule has 0 saturated heterocycles. The highest BCUT2D eigenvalue weighted by atomic mass is 35.5. The Labute approximate surface area is 166 Å². The lowest BCUT2D eigenvalue weighted by atomic mass is 10.0. The number of para-hydroxylation sites is 1. The van der Waals surface area contributed by atoms with E-state index in [9.17, 15) is 9.59 Å². The van der Waals surface area contributed by atoms with Crippen molar-refractivity contribution in [3.05, 3.63) is 58.1 Å². The number of nitrogens with zero attached hydrogens (tertiary/aromatic N) is 1. The van der Waals surface area contributed by atoms with Crippen LogP contribution in [-0.4, -0.2) is 18.4 Å². The van der Waals surface area contributed by atoms with Crippen molar-refractivity contribution in [3.63, 3.8) is 0 Å². The van der Waals surface area contributed by atoms with Gasteiger partial charge in [-0.15, -0.1) is 0 Å². The molecule has 27 heavy (non-hydrogen) atoms. The average Bonchev–Trinajstić information content (AvgIpc) is 2.56. The summed E-state index contributed by atoms with van der Waals surface area (Å²) in [6.45, 7) is 9.81. The molecule has 0 saturated carbocycles. The quantitative estimate of drug-likeness (QED) is 0.716. The first kappa shape index (κ1) is 21.0. The third-order valence-electron chi connectivity index (χ3n) is 4.47. The second kappa shape index (κ2) is 9.05. The molecule has 0 aliphatic carbocycles. The van der Waals surface area contributed by atoms with Crippen molar-refractivity contribution >= 4 is 34.8 Å². The van der Waals surface area contributed by atoms with Crippen LogP contribution in [0.2, 0.25) is 5.02 Å². The molecule has 4 nitrogen and oxygen atoms in total. The molecule has 0 aliphatic rings. The van der Waals surface area contributed by atoms with Gasteiger partial charge in [0.15, 0.2) is 0 Å². The van der Waals surface area contributed by atoms with Crippen LogP contribution in [0, 0.1) is 13.8 Å². The van der Waals surface area contributed by atoms with Crippen LogP contribution >= 0.6 is 11.6 Å². The smallest absolute Gasteiger partial charge is 0.226 e. The van der Waals surface area contributed by atoms with Gasteiger partial charge >= 0.3 is 0 Å². The minimum atomic E-state index is -0.140. The summed E-state index contributed by atoms with van der Waals surface area (Å²) in [4.78, 5) is 26.2. The van der Waals surface area contributed by atoms with E-state index >= 15 is 0 Å². The van der Waals surface area contributed by atoms with Gasteiger partial charge < -0.3 is 10.2 Å². The van der Waals surface area contributed by atoms with Crippen molar-refractivity contribution in [3.8, 4) is 0 Å². The highest BCUT2D eigenvalue weighted by Gasteiger charge is 2.19. The lowest BCUT2D eigenvalue weighted by molar-refractivity contribution is -0.117. The number of nitrogens with one attached hydrogen (secondary N) is 1. The number of hydrogen-bond donors (Lipinski definition) is 1. The summed E-state index contributed by atoms with van der Waals surface area (Å²) in [6.07, 6.45) is 0.190. The van der Waals surface area contributed by atoms with Crippen molar-refractivity contribution in [2.45, 2.75) is 47.0 Å². The van der Waals surface area contributed by atoms with Crippen LogP contribution in [0.1, 0.15) is 49.8 Å². The molecule has 0 radical (unpaired) electrons. The molecule has 0 heterocycles. The highest BCUT2D eigenvalue weighted by Crippen LogP contribution is 2.31. The van der Waals surface area contributed by atoms with Crippen LogP contribution in [0.3, 0.4) is 0 Å². The Hall–Kier alpha value is -2.33. The van der Waals surface area contributed by atoms with Crippen LogP contribution in [0.5, 0.6) is 0 Å². The number of carbonyl (C=O) groups is 2. The van der Waals surface area contributed by atoms with E-state index in [4.69, 9.17) is 11.6 Å². The molecule has 0 aliphatic heterocycles. The van der Waals surface area contributed by atoms with Gasteiger partial charge in [0, 0.05) is 25.6 Å². The number of anilines is 2. The molecule has 0 bridgehead atoms. The van der Waals surface area contributed by atoms with E-state index in [2.05, 4.69) is 19.2 Å². The van der Waals surface area contributed by atoms with Crippen molar-refractivity contribution in [2.24, 2.45) is 0 Å². The third-order valence-corrected chi connectivity index (χ3v) is 4.76. The summed E-state index contributed by atoms with van der Waals surface area (Å²) in [5.41, 5.74) is 4.53. The van der Waals surface area contributed by atoms with Crippen molar-refractivity contribution < 1.29 is 9.59 Å². The average molecular weight is 387 g/mol. The van der Waals surface area contributed by atoms with E-state index in [1.807, 2.05) is 50.2 Å². The number of aryl methyl sites for hydroxylation is 2. The van der Waals surface area contributed by atoms with Crippen molar-refractivity contribution in [1.82, 2.24) is 0 Å². The van der Waals surface area contributed by atoms with Gasteiger partial charge in [-0.3, -0.25) is 9.59 Å². The second-order valence-corrected chi connectivity index (χ2v) is 7.53. The van der Waals surface area contributed by atoms with E-state index in [-0.39, 0.29) is 24.8 Å². The molecule has 2 amide bonds. The van der Waals surface area contributed by atoms with E-state index in [1.54, 1.807) is 4.90 Å². The normalized spacial score (nSPS) is 10.8. The van der Waals surface area contributed by atoms with Crippen LogP contribution in [0.15, 0.2) is 36.4 Å². The second-order valence-electron chi connectivity index (χ2n) is 7.12. The predicted molar refractivity (Wildman–Crippen MR) is 113 cm³/mol. The Bertz CT molecular complexity index is 823. The third kappa shape index (κ3) is 5.33. The fourth-order valence-electron chi connectivity index (χ4n) is 3.22. The summed E-state index contributed by atoms with van der Waals surface area (Å²) < 4.78 is 0. The highest BCUT2D eigenvalue weighted by molar-refractivity contribution is 6.34. The van der Waals surface area contributed by atoms with Crippen LogP contribution in [0.25, 0.3) is 0 Å². The molecular formula is C22H27ClN2O2. The zero-order valence-corrected chi connectivity index (χ0v) is 17.4. The maximum atomic E-state index is 12.5. The molecular weight excluding hydrogens is 360 g/mol. The molecule has 1 N–H and O–H groups in total. The molecule has 0 aromatic heterocycles. The first-order valence-corrected chi connectivity index (χ1v) is 9.52. The van der Waals surface area contributed by atoms with Crippen molar-refractivity contribution in [1.29, 1.82) is 0 Å². The number of hydrogen-bond acceptors (Lipinski definition) is 2. The number of benzene rings is 2. The number of rotatable bonds is 6. The SMILES string of the molecule is CC(=O)N(CCC(=O)Nc1ccccc1C(C)C)c1c(C)cc(C)cc1Cl.